The predicted octanol–water partition coefficient (Wildman–Crippen LogP) is 3.04. The molecule has 0 saturated heterocycles. The van der Waals surface area contributed by atoms with Crippen molar-refractivity contribution < 1.29 is 4.39 Å². The molecule has 0 saturated carbocycles. The molecule has 1 N–H and O–H groups in total. The number of amidine groups is 1. The van der Waals surface area contributed by atoms with Crippen molar-refractivity contribution in [2.24, 2.45) is 0 Å². The lowest BCUT2D eigenvalue weighted by molar-refractivity contribution is 0.628. The SMILES string of the molecule is CCCC(=N)N(C)c1cccc(F)c1. The quantitative estimate of drug-likeness (QED) is 0.581. The third-order valence-corrected chi connectivity index (χ3v) is 2.09. The highest BCUT2D eigenvalue weighted by atomic mass is 19.1. The van der Waals surface area contributed by atoms with Gasteiger partial charge in [-0.25, -0.2) is 4.39 Å². The molecule has 0 radical (unpaired) electrons. The lowest BCUT2D eigenvalue weighted by Gasteiger charge is -2.19. The summed E-state index contributed by atoms with van der Waals surface area (Å²) >= 11 is 0. The standard InChI is InChI=1S/C11H15FN2/c1-3-5-11(13)14(2)10-7-4-6-9(12)8-10/h4,6-8,13H,3,5H2,1-2H3. The molecule has 1 rings (SSSR count). The summed E-state index contributed by atoms with van der Waals surface area (Å²) in [5, 5.41) is 7.71. The molecule has 0 unspecified atom stereocenters. The number of anilines is 1. The van der Waals surface area contributed by atoms with Gasteiger partial charge >= 0.3 is 0 Å². The summed E-state index contributed by atoms with van der Waals surface area (Å²) in [6.45, 7) is 2.02. The summed E-state index contributed by atoms with van der Waals surface area (Å²) in [6.07, 6.45) is 1.64. The van der Waals surface area contributed by atoms with E-state index >= 15 is 0 Å². The lowest BCUT2D eigenvalue weighted by atomic mass is 10.2. The van der Waals surface area contributed by atoms with Gasteiger partial charge in [0.05, 0.1) is 5.84 Å². The highest BCUT2D eigenvalue weighted by molar-refractivity contribution is 5.94. The number of nitrogens with one attached hydrogen (secondary N) is 1. The molecule has 0 aliphatic rings. The van der Waals surface area contributed by atoms with Crippen molar-refractivity contribution >= 4 is 11.5 Å². The van der Waals surface area contributed by atoms with Crippen LogP contribution in [0.25, 0.3) is 0 Å². The fourth-order valence-corrected chi connectivity index (χ4v) is 1.25. The summed E-state index contributed by atoms with van der Waals surface area (Å²) in [7, 11) is 1.78. The van der Waals surface area contributed by atoms with E-state index in [1.807, 2.05) is 6.92 Å². The molecule has 0 heterocycles. The zero-order chi connectivity index (χ0) is 10.6. The molecule has 0 fully saturated rings. The fourth-order valence-electron chi connectivity index (χ4n) is 1.25. The van der Waals surface area contributed by atoms with Crippen LogP contribution >= 0.6 is 0 Å². The molecular formula is C11H15FN2. The Bertz CT molecular complexity index is 323. The largest absolute Gasteiger partial charge is 0.333 e. The number of benzene rings is 1. The van der Waals surface area contributed by atoms with Gasteiger partial charge in [-0.2, -0.15) is 0 Å². The van der Waals surface area contributed by atoms with Gasteiger partial charge in [0.15, 0.2) is 0 Å². The van der Waals surface area contributed by atoms with Crippen molar-refractivity contribution in [3.8, 4) is 0 Å². The Morgan fingerprint density at radius 3 is 2.79 bits per heavy atom. The molecule has 3 heteroatoms. The molecule has 14 heavy (non-hydrogen) atoms. The van der Waals surface area contributed by atoms with Gasteiger partial charge in [0, 0.05) is 19.2 Å². The van der Waals surface area contributed by atoms with Crippen LogP contribution in [0.3, 0.4) is 0 Å². The number of nitrogens with zero attached hydrogens (tertiary/aromatic N) is 1. The molecule has 1 aromatic rings. The van der Waals surface area contributed by atoms with Crippen molar-refractivity contribution in [1.82, 2.24) is 0 Å². The molecular weight excluding hydrogens is 179 g/mol. The van der Waals surface area contributed by atoms with Crippen molar-refractivity contribution in [3.05, 3.63) is 30.1 Å². The Balaban J connectivity index is 2.78. The molecule has 0 amide bonds. The third kappa shape index (κ3) is 2.55. The minimum Gasteiger partial charge on any atom is -0.333 e. The molecule has 76 valence electrons. The minimum atomic E-state index is -0.265. The first-order valence-electron chi connectivity index (χ1n) is 4.72. The lowest BCUT2D eigenvalue weighted by Crippen LogP contribution is -2.24. The van der Waals surface area contributed by atoms with Crippen LogP contribution in [0.15, 0.2) is 24.3 Å². The molecule has 0 aliphatic carbocycles. The topological polar surface area (TPSA) is 27.1 Å². The van der Waals surface area contributed by atoms with Gasteiger partial charge in [-0.05, 0) is 24.6 Å². The second-order valence-corrected chi connectivity index (χ2v) is 3.24. The summed E-state index contributed by atoms with van der Waals surface area (Å²) in [5.41, 5.74) is 0.725. The number of rotatable bonds is 3. The maximum Gasteiger partial charge on any atom is 0.125 e. The van der Waals surface area contributed by atoms with Crippen molar-refractivity contribution in [2.45, 2.75) is 19.8 Å². The van der Waals surface area contributed by atoms with Gasteiger partial charge < -0.3 is 4.90 Å². The van der Waals surface area contributed by atoms with Crippen LogP contribution in [0, 0.1) is 11.2 Å². The third-order valence-electron chi connectivity index (χ3n) is 2.09. The Kier molecular flexibility index (Phi) is 3.63. The molecule has 0 aromatic heterocycles. The van der Waals surface area contributed by atoms with E-state index in [2.05, 4.69) is 0 Å². The second-order valence-electron chi connectivity index (χ2n) is 3.24. The smallest absolute Gasteiger partial charge is 0.125 e. The maximum absolute atomic E-state index is 12.9. The summed E-state index contributed by atoms with van der Waals surface area (Å²) in [5.74, 6) is 0.247. The molecule has 0 bridgehead atoms. The van der Waals surface area contributed by atoms with Crippen LogP contribution in [0.4, 0.5) is 10.1 Å². The predicted molar refractivity (Wildman–Crippen MR) is 57.4 cm³/mol. The van der Waals surface area contributed by atoms with Crippen LogP contribution in [0.1, 0.15) is 19.8 Å². The van der Waals surface area contributed by atoms with Gasteiger partial charge in [0.2, 0.25) is 0 Å². The normalized spacial score (nSPS) is 9.93. The van der Waals surface area contributed by atoms with E-state index in [-0.39, 0.29) is 5.82 Å². The number of halogens is 1. The van der Waals surface area contributed by atoms with Gasteiger partial charge in [0.25, 0.3) is 0 Å². The Morgan fingerprint density at radius 1 is 1.50 bits per heavy atom. The highest BCUT2D eigenvalue weighted by Gasteiger charge is 2.06. The van der Waals surface area contributed by atoms with Crippen molar-refractivity contribution in [3.63, 3.8) is 0 Å². The first kappa shape index (κ1) is 10.7. The average molecular weight is 194 g/mol. The fraction of sp³-hybridized carbons (Fsp3) is 0.364. The summed E-state index contributed by atoms with van der Waals surface area (Å²) in [6, 6.07) is 6.29. The van der Waals surface area contributed by atoms with E-state index in [9.17, 15) is 4.39 Å². The minimum absolute atomic E-state index is 0.265. The Hall–Kier alpha value is -1.38. The summed E-state index contributed by atoms with van der Waals surface area (Å²) in [4.78, 5) is 1.70. The van der Waals surface area contributed by atoms with E-state index in [1.54, 1.807) is 24.1 Å². The first-order chi connectivity index (χ1) is 6.65. The van der Waals surface area contributed by atoms with Gasteiger partial charge in [-0.3, -0.25) is 5.41 Å². The second kappa shape index (κ2) is 4.74. The van der Waals surface area contributed by atoms with E-state index in [4.69, 9.17) is 5.41 Å². The van der Waals surface area contributed by atoms with Crippen LogP contribution in [0.5, 0.6) is 0 Å². The molecule has 0 atom stereocenters. The zero-order valence-electron chi connectivity index (χ0n) is 8.55. The van der Waals surface area contributed by atoms with Gasteiger partial charge in [-0.15, -0.1) is 0 Å². The van der Waals surface area contributed by atoms with E-state index in [0.717, 1.165) is 12.1 Å². The summed E-state index contributed by atoms with van der Waals surface area (Å²) < 4.78 is 12.9. The van der Waals surface area contributed by atoms with E-state index < -0.39 is 0 Å². The van der Waals surface area contributed by atoms with E-state index in [1.165, 1.54) is 12.1 Å². The van der Waals surface area contributed by atoms with Crippen LogP contribution < -0.4 is 4.90 Å². The van der Waals surface area contributed by atoms with Crippen molar-refractivity contribution in [2.75, 3.05) is 11.9 Å². The van der Waals surface area contributed by atoms with Crippen molar-refractivity contribution in [1.29, 1.82) is 5.41 Å². The maximum atomic E-state index is 12.9. The average Bonchev–Trinajstić information content (AvgIpc) is 2.17. The van der Waals surface area contributed by atoms with E-state index in [0.29, 0.717) is 12.3 Å². The van der Waals surface area contributed by atoms with Crippen LogP contribution in [-0.2, 0) is 0 Å². The van der Waals surface area contributed by atoms with Gasteiger partial charge in [0.1, 0.15) is 5.82 Å². The number of hydrogen-bond acceptors (Lipinski definition) is 1. The molecule has 2 nitrogen and oxygen atoms in total. The highest BCUT2D eigenvalue weighted by Crippen LogP contribution is 2.15. The van der Waals surface area contributed by atoms with Crippen LogP contribution in [-0.4, -0.2) is 12.9 Å². The number of hydrogen-bond donors (Lipinski definition) is 1. The zero-order valence-corrected chi connectivity index (χ0v) is 8.55. The molecule has 1 aromatic carbocycles. The molecule has 0 aliphatic heterocycles. The van der Waals surface area contributed by atoms with Gasteiger partial charge in [-0.1, -0.05) is 13.0 Å². The Labute approximate surface area is 83.9 Å². The first-order valence-corrected chi connectivity index (χ1v) is 4.72. The molecule has 0 spiro atoms. The van der Waals surface area contributed by atoms with Crippen LogP contribution in [0.2, 0.25) is 0 Å². The Morgan fingerprint density at radius 2 is 2.21 bits per heavy atom. The monoisotopic (exact) mass is 194 g/mol.